The van der Waals surface area contributed by atoms with E-state index >= 15 is 0 Å². The van der Waals surface area contributed by atoms with E-state index in [0.717, 1.165) is 23.0 Å². The zero-order chi connectivity index (χ0) is 7.68. The molecule has 2 N–H and O–H groups in total. The minimum absolute atomic E-state index is 0.438. The first-order valence-corrected chi connectivity index (χ1v) is 4.56. The molecule has 0 unspecified atom stereocenters. The van der Waals surface area contributed by atoms with Gasteiger partial charge in [0.1, 0.15) is 10.9 Å². The Morgan fingerprint density at radius 1 is 1.64 bits per heavy atom. The normalized spacial score (nSPS) is 15.0. The van der Waals surface area contributed by atoms with Gasteiger partial charge in [-0.3, -0.25) is 0 Å². The number of nitrogens with zero attached hydrogens (tertiary/aromatic N) is 2. The lowest BCUT2D eigenvalue weighted by molar-refractivity contribution is 0.848. The Morgan fingerprint density at radius 3 is 3.36 bits per heavy atom. The summed E-state index contributed by atoms with van der Waals surface area (Å²) in [4.78, 5) is 8.42. The average molecular weight is 167 g/mol. The van der Waals surface area contributed by atoms with Gasteiger partial charge >= 0.3 is 0 Å². The molecule has 58 valence electrons. The SMILES string of the molecule is NCc1ncc2c(n1)SCC2. The number of nitrogens with two attached hydrogens (primary N) is 1. The maximum absolute atomic E-state index is 5.41. The van der Waals surface area contributed by atoms with Crippen LogP contribution < -0.4 is 5.73 Å². The van der Waals surface area contributed by atoms with Gasteiger partial charge in [-0.1, -0.05) is 0 Å². The summed E-state index contributed by atoms with van der Waals surface area (Å²) in [6, 6.07) is 0. The number of fused-ring (bicyclic) bond motifs is 1. The molecule has 0 fully saturated rings. The van der Waals surface area contributed by atoms with Crippen LogP contribution in [-0.4, -0.2) is 15.7 Å². The fourth-order valence-electron chi connectivity index (χ4n) is 1.08. The largest absolute Gasteiger partial charge is 0.324 e. The van der Waals surface area contributed by atoms with Crippen molar-refractivity contribution < 1.29 is 0 Å². The molecule has 0 saturated heterocycles. The summed E-state index contributed by atoms with van der Waals surface area (Å²) in [5.41, 5.74) is 6.68. The molecule has 1 aliphatic heterocycles. The lowest BCUT2D eigenvalue weighted by Gasteiger charge is -1.97. The molecule has 1 aromatic heterocycles. The summed E-state index contributed by atoms with van der Waals surface area (Å²) in [5.74, 6) is 1.89. The molecule has 0 aliphatic carbocycles. The second-order valence-electron chi connectivity index (χ2n) is 2.42. The smallest absolute Gasteiger partial charge is 0.143 e. The van der Waals surface area contributed by atoms with Gasteiger partial charge in [-0.2, -0.15) is 0 Å². The van der Waals surface area contributed by atoms with Crippen LogP contribution in [0.4, 0.5) is 0 Å². The van der Waals surface area contributed by atoms with Crippen LogP contribution in [0.2, 0.25) is 0 Å². The average Bonchev–Trinajstić information content (AvgIpc) is 2.50. The molecule has 0 saturated carbocycles. The monoisotopic (exact) mass is 167 g/mol. The fraction of sp³-hybridized carbons (Fsp3) is 0.429. The molecular formula is C7H9N3S. The summed E-state index contributed by atoms with van der Waals surface area (Å²) in [7, 11) is 0. The molecule has 0 bridgehead atoms. The summed E-state index contributed by atoms with van der Waals surface area (Å²) in [6.07, 6.45) is 3.00. The third-order valence-corrected chi connectivity index (χ3v) is 2.70. The van der Waals surface area contributed by atoms with Crippen molar-refractivity contribution in [2.24, 2.45) is 5.73 Å². The van der Waals surface area contributed by atoms with Crippen LogP contribution in [0, 0.1) is 0 Å². The highest BCUT2D eigenvalue weighted by Crippen LogP contribution is 2.28. The molecule has 11 heavy (non-hydrogen) atoms. The van der Waals surface area contributed by atoms with Crippen molar-refractivity contribution in [3.63, 3.8) is 0 Å². The summed E-state index contributed by atoms with van der Waals surface area (Å²) in [6.45, 7) is 0.438. The zero-order valence-corrected chi connectivity index (χ0v) is 6.90. The number of hydrogen-bond acceptors (Lipinski definition) is 4. The standard InChI is InChI=1S/C7H9N3S/c8-3-6-9-4-5-1-2-11-7(5)10-6/h4H,1-3,8H2. The first-order chi connectivity index (χ1) is 5.40. The first-order valence-electron chi connectivity index (χ1n) is 3.58. The molecule has 4 heteroatoms. The van der Waals surface area contributed by atoms with Crippen LogP contribution in [-0.2, 0) is 13.0 Å². The van der Waals surface area contributed by atoms with Crippen LogP contribution in [0.25, 0.3) is 0 Å². The van der Waals surface area contributed by atoms with Crippen molar-refractivity contribution in [2.75, 3.05) is 5.75 Å². The topological polar surface area (TPSA) is 51.8 Å². The first kappa shape index (κ1) is 7.06. The molecule has 0 atom stereocenters. The van der Waals surface area contributed by atoms with E-state index in [2.05, 4.69) is 9.97 Å². The zero-order valence-electron chi connectivity index (χ0n) is 6.08. The van der Waals surface area contributed by atoms with E-state index in [4.69, 9.17) is 5.73 Å². The van der Waals surface area contributed by atoms with Crippen molar-refractivity contribution in [3.05, 3.63) is 17.6 Å². The second kappa shape index (κ2) is 2.79. The van der Waals surface area contributed by atoms with Crippen molar-refractivity contribution >= 4 is 11.8 Å². The summed E-state index contributed by atoms with van der Waals surface area (Å²) >= 11 is 1.79. The molecular weight excluding hydrogens is 158 g/mol. The van der Waals surface area contributed by atoms with E-state index < -0.39 is 0 Å². The Labute approximate surface area is 69.4 Å². The molecule has 1 aromatic rings. The second-order valence-corrected chi connectivity index (χ2v) is 3.50. The maximum atomic E-state index is 5.41. The summed E-state index contributed by atoms with van der Waals surface area (Å²) in [5, 5.41) is 1.13. The van der Waals surface area contributed by atoms with Gasteiger partial charge < -0.3 is 5.73 Å². The van der Waals surface area contributed by atoms with E-state index in [1.807, 2.05) is 6.20 Å². The Morgan fingerprint density at radius 2 is 2.55 bits per heavy atom. The molecule has 2 rings (SSSR count). The Bertz CT molecular complexity index is 274. The lowest BCUT2D eigenvalue weighted by atomic mass is 10.3. The number of aryl methyl sites for hydroxylation is 1. The van der Waals surface area contributed by atoms with Gasteiger partial charge in [-0.25, -0.2) is 9.97 Å². The minimum Gasteiger partial charge on any atom is -0.324 e. The Balaban J connectivity index is 2.41. The van der Waals surface area contributed by atoms with Gasteiger partial charge in [0.15, 0.2) is 0 Å². The third-order valence-electron chi connectivity index (χ3n) is 1.67. The van der Waals surface area contributed by atoms with Crippen molar-refractivity contribution in [1.82, 2.24) is 9.97 Å². The highest BCUT2D eigenvalue weighted by molar-refractivity contribution is 7.99. The van der Waals surface area contributed by atoms with Crippen LogP contribution in [0.5, 0.6) is 0 Å². The minimum atomic E-state index is 0.438. The van der Waals surface area contributed by atoms with Gasteiger partial charge in [-0.05, 0) is 6.42 Å². The van der Waals surface area contributed by atoms with Crippen LogP contribution >= 0.6 is 11.8 Å². The van der Waals surface area contributed by atoms with Gasteiger partial charge in [0.05, 0.1) is 6.54 Å². The van der Waals surface area contributed by atoms with E-state index in [1.165, 1.54) is 5.56 Å². The van der Waals surface area contributed by atoms with Crippen LogP contribution in [0.1, 0.15) is 11.4 Å². The Hall–Kier alpha value is -0.610. The highest BCUT2D eigenvalue weighted by Gasteiger charge is 2.13. The van der Waals surface area contributed by atoms with Gasteiger partial charge in [-0.15, -0.1) is 11.8 Å². The van der Waals surface area contributed by atoms with Crippen molar-refractivity contribution in [3.8, 4) is 0 Å². The number of aromatic nitrogens is 2. The molecule has 1 aliphatic rings. The van der Waals surface area contributed by atoms with Gasteiger partial charge in [0, 0.05) is 17.5 Å². The van der Waals surface area contributed by atoms with Gasteiger partial charge in [0.25, 0.3) is 0 Å². The molecule has 2 heterocycles. The van der Waals surface area contributed by atoms with E-state index in [9.17, 15) is 0 Å². The van der Waals surface area contributed by atoms with E-state index in [0.29, 0.717) is 6.54 Å². The quantitative estimate of drug-likeness (QED) is 0.622. The summed E-state index contributed by atoms with van der Waals surface area (Å²) < 4.78 is 0. The van der Waals surface area contributed by atoms with Crippen molar-refractivity contribution in [2.45, 2.75) is 18.0 Å². The molecule has 0 aromatic carbocycles. The molecule has 0 amide bonds. The number of thioether (sulfide) groups is 1. The highest BCUT2D eigenvalue weighted by atomic mass is 32.2. The van der Waals surface area contributed by atoms with Gasteiger partial charge in [0.2, 0.25) is 0 Å². The van der Waals surface area contributed by atoms with E-state index in [-0.39, 0.29) is 0 Å². The Kier molecular flexibility index (Phi) is 1.79. The predicted octanol–water partition coefficient (Wildman–Crippen LogP) is 0.584. The van der Waals surface area contributed by atoms with Crippen LogP contribution in [0.3, 0.4) is 0 Å². The molecule has 0 spiro atoms. The third kappa shape index (κ3) is 1.23. The molecule has 3 nitrogen and oxygen atoms in total. The van der Waals surface area contributed by atoms with Crippen LogP contribution in [0.15, 0.2) is 11.2 Å². The lowest BCUT2D eigenvalue weighted by Crippen LogP contribution is -2.03. The number of hydrogen-bond donors (Lipinski definition) is 1. The van der Waals surface area contributed by atoms with E-state index in [1.54, 1.807) is 11.8 Å². The predicted molar refractivity (Wildman–Crippen MR) is 44.4 cm³/mol. The number of rotatable bonds is 1. The fourth-order valence-corrected chi connectivity index (χ4v) is 2.10. The van der Waals surface area contributed by atoms with Crippen molar-refractivity contribution in [1.29, 1.82) is 0 Å². The maximum Gasteiger partial charge on any atom is 0.143 e. The molecule has 0 radical (unpaired) electrons.